The second-order valence-electron chi connectivity index (χ2n) is 8.43. The van der Waals surface area contributed by atoms with Crippen LogP contribution < -0.4 is 10.5 Å². The van der Waals surface area contributed by atoms with Gasteiger partial charge in [0.2, 0.25) is 11.9 Å². The minimum Gasteiger partial charge on any atom is -0.341 e. The average molecular weight is 422 g/mol. The summed E-state index contributed by atoms with van der Waals surface area (Å²) in [6, 6.07) is 9.65. The standard InChI is InChI=1S/C22H27N7O2/c1-26-10-12-27(13-11-26)21(31)16-6-5-9-28(15-16)22-24-19-18(20(30)25-22)14-23-29(19)17-7-3-2-4-8-17/h2-4,7-8,14,16H,5-6,9-13,15H2,1H3,(H,24,25,30). The first-order valence-corrected chi connectivity index (χ1v) is 10.9. The molecule has 0 radical (unpaired) electrons. The van der Waals surface area contributed by atoms with Crippen LogP contribution in [0.25, 0.3) is 16.7 Å². The van der Waals surface area contributed by atoms with Crippen LogP contribution in [0.15, 0.2) is 41.3 Å². The maximum Gasteiger partial charge on any atom is 0.263 e. The Morgan fingerprint density at radius 1 is 1.10 bits per heavy atom. The van der Waals surface area contributed by atoms with Gasteiger partial charge in [0, 0.05) is 39.3 Å². The van der Waals surface area contributed by atoms with Crippen molar-refractivity contribution in [2.45, 2.75) is 12.8 Å². The second-order valence-corrected chi connectivity index (χ2v) is 8.43. The lowest BCUT2D eigenvalue weighted by Crippen LogP contribution is -2.51. The summed E-state index contributed by atoms with van der Waals surface area (Å²) in [5, 5.41) is 4.83. The second kappa shape index (κ2) is 8.14. The minimum absolute atomic E-state index is 0.0720. The molecule has 1 aromatic carbocycles. The Hall–Kier alpha value is -3.20. The Labute approximate surface area is 180 Å². The van der Waals surface area contributed by atoms with E-state index in [1.807, 2.05) is 40.1 Å². The molecule has 2 fully saturated rings. The number of H-pyrrole nitrogens is 1. The van der Waals surface area contributed by atoms with Crippen molar-refractivity contribution in [2.24, 2.45) is 5.92 Å². The van der Waals surface area contributed by atoms with Gasteiger partial charge in [0.25, 0.3) is 5.56 Å². The zero-order chi connectivity index (χ0) is 21.4. The topological polar surface area (TPSA) is 90.4 Å². The number of aromatic nitrogens is 4. The van der Waals surface area contributed by atoms with E-state index >= 15 is 0 Å². The summed E-state index contributed by atoms with van der Waals surface area (Å²) in [5.74, 6) is 0.652. The molecule has 1 N–H and O–H groups in total. The number of hydrogen-bond acceptors (Lipinski definition) is 6. The number of nitrogens with zero attached hydrogens (tertiary/aromatic N) is 6. The smallest absolute Gasteiger partial charge is 0.263 e. The number of fused-ring (bicyclic) bond motifs is 1. The van der Waals surface area contributed by atoms with Crippen LogP contribution in [-0.2, 0) is 4.79 Å². The quantitative estimate of drug-likeness (QED) is 0.681. The number of hydrogen-bond donors (Lipinski definition) is 1. The Balaban J connectivity index is 1.41. The van der Waals surface area contributed by atoms with E-state index in [-0.39, 0.29) is 17.4 Å². The Bertz CT molecular complexity index is 1130. The molecule has 9 nitrogen and oxygen atoms in total. The number of carbonyl (C=O) groups excluding carboxylic acids is 1. The summed E-state index contributed by atoms with van der Waals surface area (Å²) in [6.07, 6.45) is 3.31. The van der Waals surface area contributed by atoms with Gasteiger partial charge >= 0.3 is 0 Å². The van der Waals surface area contributed by atoms with Gasteiger partial charge in [-0.25, -0.2) is 4.68 Å². The first kappa shape index (κ1) is 19.7. The highest BCUT2D eigenvalue weighted by Crippen LogP contribution is 2.24. The van der Waals surface area contributed by atoms with E-state index in [1.165, 1.54) is 0 Å². The zero-order valence-electron chi connectivity index (χ0n) is 17.7. The number of aromatic amines is 1. The molecule has 2 aliphatic rings. The Morgan fingerprint density at radius 2 is 1.87 bits per heavy atom. The molecular formula is C22H27N7O2. The van der Waals surface area contributed by atoms with E-state index in [9.17, 15) is 9.59 Å². The van der Waals surface area contributed by atoms with Crippen LogP contribution in [0.5, 0.6) is 0 Å². The first-order valence-electron chi connectivity index (χ1n) is 10.9. The number of anilines is 1. The highest BCUT2D eigenvalue weighted by atomic mass is 16.2. The molecule has 1 unspecified atom stereocenters. The molecular weight excluding hydrogens is 394 g/mol. The normalized spacial score (nSPS) is 20.4. The fourth-order valence-electron chi connectivity index (χ4n) is 4.47. The number of likely N-dealkylation sites (N-methyl/N-ethyl adjacent to an activating group) is 1. The minimum atomic E-state index is -0.213. The van der Waals surface area contributed by atoms with Gasteiger partial charge in [-0.15, -0.1) is 0 Å². The molecule has 2 aliphatic heterocycles. The van der Waals surface area contributed by atoms with Gasteiger partial charge < -0.3 is 14.7 Å². The molecule has 0 aliphatic carbocycles. The third kappa shape index (κ3) is 3.81. The van der Waals surface area contributed by atoms with Crippen molar-refractivity contribution < 1.29 is 4.79 Å². The van der Waals surface area contributed by atoms with E-state index in [4.69, 9.17) is 4.98 Å². The molecule has 1 atom stereocenters. The predicted molar refractivity (Wildman–Crippen MR) is 118 cm³/mol. The maximum atomic E-state index is 13.1. The number of nitrogens with one attached hydrogen (secondary N) is 1. The van der Waals surface area contributed by atoms with Crippen molar-refractivity contribution in [2.75, 3.05) is 51.2 Å². The zero-order valence-corrected chi connectivity index (χ0v) is 17.7. The molecule has 162 valence electrons. The first-order chi connectivity index (χ1) is 15.1. The van der Waals surface area contributed by atoms with Gasteiger partial charge in [0.05, 0.1) is 17.8 Å². The van der Waals surface area contributed by atoms with Crippen molar-refractivity contribution >= 4 is 22.9 Å². The molecule has 9 heteroatoms. The molecule has 0 bridgehead atoms. The van der Waals surface area contributed by atoms with Crippen LogP contribution in [0, 0.1) is 5.92 Å². The van der Waals surface area contributed by atoms with E-state index in [0.717, 1.165) is 51.3 Å². The van der Waals surface area contributed by atoms with Gasteiger partial charge in [0.1, 0.15) is 5.39 Å². The molecule has 1 amide bonds. The summed E-state index contributed by atoms with van der Waals surface area (Å²) in [5.41, 5.74) is 1.16. The number of rotatable bonds is 3. The van der Waals surface area contributed by atoms with Crippen LogP contribution >= 0.6 is 0 Å². The molecule has 2 aromatic heterocycles. The SMILES string of the molecule is CN1CCN(C(=O)C2CCCN(c3nc4c(cnn4-c4ccccc4)c(=O)[nH]3)C2)CC1. The highest BCUT2D eigenvalue weighted by Gasteiger charge is 2.31. The van der Waals surface area contributed by atoms with E-state index in [1.54, 1.807) is 10.9 Å². The van der Waals surface area contributed by atoms with Crippen molar-refractivity contribution in [3.05, 3.63) is 46.9 Å². The van der Waals surface area contributed by atoms with Crippen LogP contribution in [0.4, 0.5) is 5.95 Å². The largest absolute Gasteiger partial charge is 0.341 e. The Kier molecular flexibility index (Phi) is 5.19. The summed E-state index contributed by atoms with van der Waals surface area (Å²) in [6.45, 7) is 4.72. The Morgan fingerprint density at radius 3 is 2.65 bits per heavy atom. The van der Waals surface area contributed by atoms with Gasteiger partial charge in [-0.1, -0.05) is 18.2 Å². The fourth-order valence-corrected chi connectivity index (χ4v) is 4.47. The molecule has 4 heterocycles. The summed E-state index contributed by atoms with van der Waals surface area (Å²) in [4.78, 5) is 39.7. The highest BCUT2D eigenvalue weighted by molar-refractivity contribution is 5.80. The van der Waals surface area contributed by atoms with Crippen molar-refractivity contribution in [3.8, 4) is 5.69 Å². The predicted octanol–water partition coefficient (Wildman–Crippen LogP) is 1.10. The number of piperidine rings is 1. The number of amides is 1. The van der Waals surface area contributed by atoms with E-state index in [2.05, 4.69) is 22.0 Å². The third-order valence-corrected chi connectivity index (χ3v) is 6.31. The molecule has 31 heavy (non-hydrogen) atoms. The molecule has 3 aromatic rings. The number of benzene rings is 1. The molecule has 0 saturated carbocycles. The van der Waals surface area contributed by atoms with Gasteiger partial charge in [-0.05, 0) is 32.0 Å². The maximum absolute atomic E-state index is 13.1. The lowest BCUT2D eigenvalue weighted by molar-refractivity contribution is -0.137. The summed E-state index contributed by atoms with van der Waals surface area (Å²) < 4.78 is 1.69. The third-order valence-electron chi connectivity index (χ3n) is 6.31. The lowest BCUT2D eigenvalue weighted by atomic mass is 9.96. The van der Waals surface area contributed by atoms with Gasteiger partial charge in [0.15, 0.2) is 5.65 Å². The van der Waals surface area contributed by atoms with Crippen molar-refractivity contribution in [3.63, 3.8) is 0 Å². The van der Waals surface area contributed by atoms with E-state index in [0.29, 0.717) is 23.5 Å². The lowest BCUT2D eigenvalue weighted by Gasteiger charge is -2.38. The molecule has 5 rings (SSSR count). The summed E-state index contributed by atoms with van der Waals surface area (Å²) in [7, 11) is 2.09. The number of carbonyl (C=O) groups is 1. The monoisotopic (exact) mass is 421 g/mol. The van der Waals surface area contributed by atoms with Crippen LogP contribution in [0.2, 0.25) is 0 Å². The number of para-hydroxylation sites is 1. The van der Waals surface area contributed by atoms with Gasteiger partial charge in [-0.3, -0.25) is 14.6 Å². The van der Waals surface area contributed by atoms with Crippen LogP contribution in [0.1, 0.15) is 12.8 Å². The average Bonchev–Trinajstić information content (AvgIpc) is 3.24. The fraction of sp³-hybridized carbons (Fsp3) is 0.455. The van der Waals surface area contributed by atoms with Crippen molar-refractivity contribution in [1.82, 2.24) is 29.5 Å². The van der Waals surface area contributed by atoms with Crippen LogP contribution in [0.3, 0.4) is 0 Å². The van der Waals surface area contributed by atoms with E-state index < -0.39 is 0 Å². The van der Waals surface area contributed by atoms with Crippen molar-refractivity contribution in [1.29, 1.82) is 0 Å². The molecule has 0 spiro atoms. The van der Waals surface area contributed by atoms with Gasteiger partial charge in [-0.2, -0.15) is 10.1 Å². The number of piperazine rings is 1. The summed E-state index contributed by atoms with van der Waals surface area (Å²) >= 11 is 0. The van der Waals surface area contributed by atoms with Crippen LogP contribution in [-0.4, -0.2) is 81.8 Å². The molecule has 2 saturated heterocycles.